The highest BCUT2D eigenvalue weighted by Crippen LogP contribution is 2.21. The van der Waals surface area contributed by atoms with E-state index in [-0.39, 0.29) is 18.1 Å². The lowest BCUT2D eigenvalue weighted by Gasteiger charge is -2.20. The molecule has 0 fully saturated rings. The Bertz CT molecular complexity index is 783. The Morgan fingerprint density at radius 1 is 1.35 bits per heavy atom. The molecule has 2 amide bonds. The molecular weight excluding hydrogens is 356 g/mol. The molecule has 0 aliphatic carbocycles. The maximum atomic E-state index is 12.7. The van der Waals surface area contributed by atoms with Gasteiger partial charge in [-0.3, -0.25) is 4.79 Å². The summed E-state index contributed by atoms with van der Waals surface area (Å²) in [6.07, 6.45) is 0.970. The first-order valence-electron chi connectivity index (χ1n) is 8.28. The van der Waals surface area contributed by atoms with Crippen molar-refractivity contribution in [3.63, 3.8) is 0 Å². The van der Waals surface area contributed by atoms with Gasteiger partial charge < -0.3 is 19.9 Å². The number of H-pyrrole nitrogens is 1. The summed E-state index contributed by atoms with van der Waals surface area (Å²) >= 11 is 6.01. The Kier molecular flexibility index (Phi) is 6.26. The van der Waals surface area contributed by atoms with Crippen molar-refractivity contribution in [1.82, 2.24) is 15.3 Å². The zero-order valence-electron chi connectivity index (χ0n) is 15.3. The predicted molar refractivity (Wildman–Crippen MR) is 100 cm³/mol. The molecule has 0 atom stereocenters. The third-order valence-corrected chi connectivity index (χ3v) is 3.57. The van der Waals surface area contributed by atoms with Crippen LogP contribution in [0.5, 0.6) is 0 Å². The highest BCUT2D eigenvalue weighted by atomic mass is 35.5. The number of amides is 2. The van der Waals surface area contributed by atoms with Crippen molar-refractivity contribution < 1.29 is 14.3 Å². The summed E-state index contributed by atoms with van der Waals surface area (Å²) in [4.78, 5) is 33.1. The highest BCUT2D eigenvalue weighted by Gasteiger charge is 2.20. The molecule has 0 spiro atoms. The predicted octanol–water partition coefficient (Wildman–Crippen LogP) is 3.75. The van der Waals surface area contributed by atoms with Gasteiger partial charge in [0.25, 0.3) is 5.91 Å². The van der Waals surface area contributed by atoms with Crippen LogP contribution in [0, 0.1) is 0 Å². The number of anilines is 1. The van der Waals surface area contributed by atoms with Crippen LogP contribution in [-0.4, -0.2) is 34.1 Å². The molecule has 2 N–H and O–H groups in total. The molecule has 8 heteroatoms. The second-order valence-electron chi connectivity index (χ2n) is 6.62. The molecule has 0 saturated carbocycles. The van der Waals surface area contributed by atoms with Gasteiger partial charge in [0.05, 0.1) is 6.54 Å². The Balaban J connectivity index is 2.03. The molecule has 2 rings (SSSR count). The highest BCUT2D eigenvalue weighted by molar-refractivity contribution is 6.31. The van der Waals surface area contributed by atoms with E-state index in [1.54, 1.807) is 43.9 Å². The monoisotopic (exact) mass is 378 g/mol. The Morgan fingerprint density at radius 3 is 2.69 bits per heavy atom. The SMILES string of the molecule is CCN(C(=O)c1c[nH]c(CNC(=O)OC(C)(C)C)n1)c1cccc(Cl)c1. The van der Waals surface area contributed by atoms with Gasteiger partial charge >= 0.3 is 6.09 Å². The van der Waals surface area contributed by atoms with Gasteiger partial charge in [0.2, 0.25) is 0 Å². The largest absolute Gasteiger partial charge is 0.444 e. The summed E-state index contributed by atoms with van der Waals surface area (Å²) in [5.74, 6) is 0.205. The molecule has 1 heterocycles. The Morgan fingerprint density at radius 2 is 2.08 bits per heavy atom. The summed E-state index contributed by atoms with van der Waals surface area (Å²) in [5.41, 5.74) is 0.377. The van der Waals surface area contributed by atoms with E-state index in [9.17, 15) is 9.59 Å². The van der Waals surface area contributed by atoms with Crippen LogP contribution >= 0.6 is 11.6 Å². The molecule has 1 aromatic heterocycles. The lowest BCUT2D eigenvalue weighted by Crippen LogP contribution is -2.32. The smallest absolute Gasteiger partial charge is 0.408 e. The molecule has 0 radical (unpaired) electrons. The Hall–Kier alpha value is -2.54. The molecule has 7 nitrogen and oxygen atoms in total. The summed E-state index contributed by atoms with van der Waals surface area (Å²) in [6, 6.07) is 7.07. The number of hydrogen-bond donors (Lipinski definition) is 2. The number of hydrogen-bond acceptors (Lipinski definition) is 4. The van der Waals surface area contributed by atoms with Crippen LogP contribution in [0.15, 0.2) is 30.5 Å². The number of halogens is 1. The fourth-order valence-electron chi connectivity index (χ4n) is 2.26. The number of alkyl carbamates (subject to hydrolysis) is 1. The van der Waals surface area contributed by atoms with Crippen molar-refractivity contribution >= 4 is 29.3 Å². The van der Waals surface area contributed by atoms with Crippen molar-refractivity contribution in [2.75, 3.05) is 11.4 Å². The van der Waals surface area contributed by atoms with Gasteiger partial charge in [-0.15, -0.1) is 0 Å². The quantitative estimate of drug-likeness (QED) is 0.829. The van der Waals surface area contributed by atoms with Crippen molar-refractivity contribution in [1.29, 1.82) is 0 Å². The van der Waals surface area contributed by atoms with Gasteiger partial charge in [-0.1, -0.05) is 17.7 Å². The zero-order valence-corrected chi connectivity index (χ0v) is 16.1. The van der Waals surface area contributed by atoms with Crippen LogP contribution < -0.4 is 10.2 Å². The van der Waals surface area contributed by atoms with E-state index in [4.69, 9.17) is 16.3 Å². The Labute approximate surface area is 157 Å². The number of ether oxygens (including phenoxy) is 1. The maximum absolute atomic E-state index is 12.7. The van der Waals surface area contributed by atoms with Crippen molar-refractivity contribution in [3.8, 4) is 0 Å². The number of imidazole rings is 1. The van der Waals surface area contributed by atoms with Crippen LogP contribution in [0.1, 0.15) is 44.0 Å². The topological polar surface area (TPSA) is 87.3 Å². The summed E-state index contributed by atoms with van der Waals surface area (Å²) in [5, 5.41) is 3.15. The average molecular weight is 379 g/mol. The van der Waals surface area contributed by atoms with Gasteiger partial charge in [-0.05, 0) is 45.9 Å². The summed E-state index contributed by atoms with van der Waals surface area (Å²) in [7, 11) is 0. The fourth-order valence-corrected chi connectivity index (χ4v) is 2.44. The molecule has 0 saturated heterocycles. The number of nitrogens with zero attached hydrogens (tertiary/aromatic N) is 2. The van der Waals surface area contributed by atoms with Gasteiger partial charge in [0.1, 0.15) is 17.1 Å². The zero-order chi connectivity index (χ0) is 19.3. The average Bonchev–Trinajstić information content (AvgIpc) is 3.01. The van der Waals surface area contributed by atoms with Crippen molar-refractivity contribution in [2.24, 2.45) is 0 Å². The number of aromatic amines is 1. The van der Waals surface area contributed by atoms with Crippen molar-refractivity contribution in [3.05, 3.63) is 47.0 Å². The third-order valence-electron chi connectivity index (χ3n) is 3.33. The van der Waals surface area contributed by atoms with Gasteiger partial charge in [-0.2, -0.15) is 0 Å². The van der Waals surface area contributed by atoms with Crippen LogP contribution in [0.2, 0.25) is 5.02 Å². The number of benzene rings is 1. The lowest BCUT2D eigenvalue weighted by atomic mass is 10.2. The second-order valence-corrected chi connectivity index (χ2v) is 7.05. The van der Waals surface area contributed by atoms with Crippen LogP contribution in [0.25, 0.3) is 0 Å². The van der Waals surface area contributed by atoms with E-state index in [1.807, 2.05) is 13.0 Å². The fraction of sp³-hybridized carbons (Fsp3) is 0.389. The minimum Gasteiger partial charge on any atom is -0.444 e. The van der Waals surface area contributed by atoms with E-state index in [0.29, 0.717) is 23.1 Å². The molecule has 0 unspecified atom stereocenters. The van der Waals surface area contributed by atoms with E-state index in [0.717, 1.165) is 0 Å². The minimum absolute atomic E-state index is 0.130. The van der Waals surface area contributed by atoms with Crippen LogP contribution in [-0.2, 0) is 11.3 Å². The number of carbonyl (C=O) groups is 2. The van der Waals surface area contributed by atoms with Crippen LogP contribution in [0.4, 0.5) is 10.5 Å². The maximum Gasteiger partial charge on any atom is 0.408 e. The van der Waals surface area contributed by atoms with Crippen molar-refractivity contribution in [2.45, 2.75) is 39.8 Å². The molecule has 26 heavy (non-hydrogen) atoms. The molecule has 0 aliphatic rings. The van der Waals surface area contributed by atoms with Gasteiger partial charge in [0, 0.05) is 23.5 Å². The standard InChI is InChI=1S/C18H23ClN4O3/c1-5-23(13-8-6-7-12(19)9-13)16(24)14-10-20-15(22-14)11-21-17(25)26-18(2,3)4/h6-10H,5,11H2,1-4H3,(H,20,22)(H,21,25). The number of nitrogens with one attached hydrogen (secondary N) is 2. The van der Waals surface area contributed by atoms with Crippen LogP contribution in [0.3, 0.4) is 0 Å². The van der Waals surface area contributed by atoms with E-state index < -0.39 is 11.7 Å². The molecule has 0 aliphatic heterocycles. The molecule has 0 bridgehead atoms. The molecule has 1 aromatic carbocycles. The van der Waals surface area contributed by atoms with Gasteiger partial charge in [-0.25, -0.2) is 9.78 Å². The molecule has 2 aromatic rings. The first-order chi connectivity index (χ1) is 12.2. The third kappa shape index (κ3) is 5.49. The number of carbonyl (C=O) groups excluding carboxylic acids is 2. The molecule has 140 valence electrons. The number of aromatic nitrogens is 2. The minimum atomic E-state index is -0.576. The van der Waals surface area contributed by atoms with Gasteiger partial charge in [0.15, 0.2) is 0 Å². The normalized spacial score (nSPS) is 11.1. The van der Waals surface area contributed by atoms with E-state index >= 15 is 0 Å². The molecular formula is C18H23ClN4O3. The lowest BCUT2D eigenvalue weighted by molar-refractivity contribution is 0.0522. The first-order valence-corrected chi connectivity index (χ1v) is 8.66. The summed E-state index contributed by atoms with van der Waals surface area (Å²) < 4.78 is 5.16. The summed E-state index contributed by atoms with van der Waals surface area (Å²) in [6.45, 7) is 7.82. The second kappa shape index (κ2) is 8.23. The van der Waals surface area contributed by atoms with E-state index in [2.05, 4.69) is 15.3 Å². The first kappa shape index (κ1) is 19.8. The number of rotatable bonds is 5. The van der Waals surface area contributed by atoms with E-state index in [1.165, 1.54) is 6.20 Å².